The number of allylic oxidation sites excluding steroid dienone is 1. The number of hydrogen-bond donors (Lipinski definition) is 1. The molecule has 0 aromatic rings. The van der Waals surface area contributed by atoms with Gasteiger partial charge in [0.2, 0.25) is 0 Å². The number of hydrogen-bond acceptors (Lipinski definition) is 6. The van der Waals surface area contributed by atoms with Crippen LogP contribution >= 0.6 is 0 Å². The minimum absolute atomic E-state index is 0.000442. The lowest BCUT2D eigenvalue weighted by molar-refractivity contribution is -0.168. The van der Waals surface area contributed by atoms with Crippen molar-refractivity contribution < 1.29 is 28.9 Å². The summed E-state index contributed by atoms with van der Waals surface area (Å²) in [5.41, 5.74) is 0.0800. The van der Waals surface area contributed by atoms with E-state index in [4.69, 9.17) is 14.2 Å². The molecule has 2 aliphatic heterocycles. The number of esters is 1. The van der Waals surface area contributed by atoms with Crippen molar-refractivity contribution in [3.63, 3.8) is 0 Å². The number of ether oxygens (including phenoxy) is 3. The highest BCUT2D eigenvalue weighted by molar-refractivity contribution is 5.88. The molecule has 4 aliphatic rings. The smallest absolute Gasteiger partial charge is 0.335 e. The van der Waals surface area contributed by atoms with Crippen LogP contribution in [0.25, 0.3) is 0 Å². The molecule has 0 aromatic heterocycles. The van der Waals surface area contributed by atoms with Crippen molar-refractivity contribution in [1.29, 1.82) is 0 Å². The predicted molar refractivity (Wildman–Crippen MR) is 120 cm³/mol. The molecule has 6 nitrogen and oxygen atoms in total. The van der Waals surface area contributed by atoms with Crippen molar-refractivity contribution in [2.24, 2.45) is 35.5 Å². The number of Topliss-reactive ketones (excluding diaryl/α,β-unsaturated/α-hetero) is 1. The van der Waals surface area contributed by atoms with Gasteiger partial charge in [0.05, 0.1) is 18.1 Å². The van der Waals surface area contributed by atoms with E-state index in [1.165, 1.54) is 7.11 Å². The van der Waals surface area contributed by atoms with E-state index in [2.05, 4.69) is 18.7 Å². The fourth-order valence-electron chi connectivity index (χ4n) is 6.66. The van der Waals surface area contributed by atoms with Gasteiger partial charge in [-0.2, -0.15) is 0 Å². The lowest BCUT2D eigenvalue weighted by Crippen LogP contribution is -2.53. The highest BCUT2D eigenvalue weighted by atomic mass is 16.6. The van der Waals surface area contributed by atoms with Crippen LogP contribution in [0.15, 0.2) is 36.5 Å². The van der Waals surface area contributed by atoms with Gasteiger partial charge in [-0.3, -0.25) is 4.79 Å². The Bertz CT molecular complexity index is 845. The SMILES string of the molecule is C=CC[C@H]1[C@@H]2O[C@@]34/C(C)=C\[C@@H](C)[C@H](O)[C@@H](C)OC(=O)[C@@H](OC)C[C@H]3C=C[C@@H]2[C@H]4C(=O)[C@@H]1C. The van der Waals surface area contributed by atoms with Gasteiger partial charge in [-0.1, -0.05) is 38.2 Å². The summed E-state index contributed by atoms with van der Waals surface area (Å²) < 4.78 is 18.0. The van der Waals surface area contributed by atoms with Gasteiger partial charge in [-0.15, -0.1) is 6.58 Å². The van der Waals surface area contributed by atoms with Crippen LogP contribution < -0.4 is 0 Å². The first-order valence-electron chi connectivity index (χ1n) is 11.8. The standard InChI is InChI=1S/C26H36O6/c1-7-8-18-15(4)23(28)21-19-10-9-17-12-20(30-6)25(29)31-16(5)22(27)13(2)11-14(3)26(17,21)32-24(18)19/h7,9-11,13,15-22,24,27H,1,8,12H2,2-6H3/b14-11-/t13-,15-,16-,17-,18-,19-,20+,21+,22+,24+,26+/m1/s1. The van der Waals surface area contributed by atoms with Crippen molar-refractivity contribution in [3.8, 4) is 0 Å². The fraction of sp³-hybridized carbons (Fsp3) is 0.692. The summed E-state index contributed by atoms with van der Waals surface area (Å²) in [5.74, 6) is -1.15. The minimum Gasteiger partial charge on any atom is -0.458 e. The van der Waals surface area contributed by atoms with E-state index in [0.29, 0.717) is 6.42 Å². The van der Waals surface area contributed by atoms with E-state index in [1.807, 2.05) is 32.9 Å². The maximum absolute atomic E-state index is 13.8. The molecule has 32 heavy (non-hydrogen) atoms. The predicted octanol–water partition coefficient (Wildman–Crippen LogP) is 3.25. The first-order valence-corrected chi connectivity index (χ1v) is 11.8. The molecular weight excluding hydrogens is 408 g/mol. The molecule has 11 atom stereocenters. The summed E-state index contributed by atoms with van der Waals surface area (Å²) in [4.78, 5) is 26.6. The van der Waals surface area contributed by atoms with E-state index < -0.39 is 29.9 Å². The van der Waals surface area contributed by atoms with Crippen LogP contribution in [0.1, 0.15) is 40.5 Å². The molecular formula is C26H36O6. The molecule has 6 heteroatoms. The van der Waals surface area contributed by atoms with E-state index >= 15 is 0 Å². The van der Waals surface area contributed by atoms with Gasteiger partial charge in [-0.05, 0) is 38.2 Å². The molecule has 2 heterocycles. The van der Waals surface area contributed by atoms with Crippen molar-refractivity contribution >= 4 is 11.8 Å². The van der Waals surface area contributed by atoms with E-state index in [9.17, 15) is 14.7 Å². The monoisotopic (exact) mass is 444 g/mol. The molecule has 0 unspecified atom stereocenters. The Labute approximate surface area is 190 Å². The number of aliphatic hydroxyl groups excluding tert-OH is 1. The van der Waals surface area contributed by atoms with Crippen LogP contribution in [0.3, 0.4) is 0 Å². The Kier molecular flexibility index (Phi) is 6.25. The lowest BCUT2D eigenvalue weighted by atomic mass is 9.56. The van der Waals surface area contributed by atoms with Crippen LogP contribution in [0.4, 0.5) is 0 Å². The summed E-state index contributed by atoms with van der Waals surface area (Å²) in [6, 6.07) is 0. The quantitative estimate of drug-likeness (QED) is 0.532. The van der Waals surface area contributed by atoms with Gasteiger partial charge in [0.15, 0.2) is 6.10 Å². The topological polar surface area (TPSA) is 82.1 Å². The van der Waals surface area contributed by atoms with Gasteiger partial charge >= 0.3 is 5.97 Å². The largest absolute Gasteiger partial charge is 0.458 e. The number of cyclic esters (lactones) is 1. The Hall–Kier alpha value is -1.76. The molecule has 0 radical (unpaired) electrons. The molecule has 0 amide bonds. The summed E-state index contributed by atoms with van der Waals surface area (Å²) >= 11 is 0. The van der Waals surface area contributed by atoms with Gasteiger partial charge in [0.1, 0.15) is 17.5 Å². The third-order valence-electron chi connectivity index (χ3n) is 8.40. The number of methoxy groups -OCH3 is 1. The Morgan fingerprint density at radius 2 is 2.00 bits per heavy atom. The van der Waals surface area contributed by atoms with Crippen molar-refractivity contribution in [2.45, 2.75) is 70.6 Å². The summed E-state index contributed by atoms with van der Waals surface area (Å²) in [7, 11) is 1.49. The zero-order valence-electron chi connectivity index (χ0n) is 19.7. The minimum atomic E-state index is -0.877. The van der Waals surface area contributed by atoms with Crippen molar-refractivity contribution in [2.75, 3.05) is 7.11 Å². The van der Waals surface area contributed by atoms with E-state index in [-0.39, 0.29) is 47.4 Å². The molecule has 2 fully saturated rings. The Morgan fingerprint density at radius 3 is 2.66 bits per heavy atom. The normalized spacial score (nSPS) is 50.0. The van der Waals surface area contributed by atoms with Crippen LogP contribution in [0.5, 0.6) is 0 Å². The van der Waals surface area contributed by atoms with Crippen LogP contribution in [0, 0.1) is 35.5 Å². The fourth-order valence-corrected chi connectivity index (χ4v) is 6.66. The summed E-state index contributed by atoms with van der Waals surface area (Å²) in [6.07, 6.45) is 6.71. The molecule has 1 saturated carbocycles. The van der Waals surface area contributed by atoms with Gasteiger partial charge < -0.3 is 19.3 Å². The highest BCUT2D eigenvalue weighted by Crippen LogP contribution is 2.61. The highest BCUT2D eigenvalue weighted by Gasteiger charge is 2.68. The zero-order valence-corrected chi connectivity index (χ0v) is 19.7. The Balaban J connectivity index is 1.87. The second-order valence-electron chi connectivity index (χ2n) is 10.1. The van der Waals surface area contributed by atoms with Gasteiger partial charge in [0.25, 0.3) is 0 Å². The third-order valence-corrected chi connectivity index (χ3v) is 8.40. The first-order chi connectivity index (χ1) is 15.2. The molecule has 2 aliphatic carbocycles. The van der Waals surface area contributed by atoms with Crippen molar-refractivity contribution in [1.82, 2.24) is 0 Å². The van der Waals surface area contributed by atoms with Gasteiger partial charge in [0, 0.05) is 30.8 Å². The van der Waals surface area contributed by atoms with Gasteiger partial charge in [-0.25, -0.2) is 4.79 Å². The number of ketones is 1. The number of carbonyl (C=O) groups is 2. The zero-order chi connectivity index (χ0) is 23.4. The van der Waals surface area contributed by atoms with E-state index in [0.717, 1.165) is 12.0 Å². The van der Waals surface area contributed by atoms with Crippen LogP contribution in [-0.2, 0) is 23.8 Å². The molecule has 4 rings (SSSR count). The van der Waals surface area contributed by atoms with Crippen LogP contribution in [-0.4, -0.2) is 54.0 Å². The molecule has 4 bridgehead atoms. The molecule has 1 spiro atoms. The average molecular weight is 445 g/mol. The third kappa shape index (κ3) is 3.34. The van der Waals surface area contributed by atoms with Crippen molar-refractivity contribution in [3.05, 3.63) is 36.5 Å². The average Bonchev–Trinajstić information content (AvgIpc) is 2.95. The number of rotatable bonds is 3. The summed E-state index contributed by atoms with van der Waals surface area (Å²) in [6.45, 7) is 11.5. The Morgan fingerprint density at radius 1 is 1.28 bits per heavy atom. The maximum atomic E-state index is 13.8. The second kappa shape index (κ2) is 8.54. The lowest BCUT2D eigenvalue weighted by Gasteiger charge is -2.45. The molecule has 176 valence electrons. The maximum Gasteiger partial charge on any atom is 0.335 e. The molecule has 1 saturated heterocycles. The number of aliphatic hydroxyl groups is 1. The first kappa shape index (κ1) is 23.4. The van der Waals surface area contributed by atoms with E-state index in [1.54, 1.807) is 6.92 Å². The summed E-state index contributed by atoms with van der Waals surface area (Å²) in [5, 5.41) is 10.8. The number of carbonyl (C=O) groups excluding carboxylic acids is 2. The second-order valence-corrected chi connectivity index (χ2v) is 10.1. The van der Waals surface area contributed by atoms with Crippen LogP contribution in [0.2, 0.25) is 0 Å². The molecule has 0 aromatic carbocycles. The molecule has 1 N–H and O–H groups in total.